The standard InChI is InChI=1S/C22H35N5O2/c1-17-13-20(14-18(2)24-17)22(29)23-15-19-5-9-27(10-6-19)21(28)16-26-8-4-7-25(3)11-12-26/h13-14,19H,4-12,15-16H2,1-3H3,(H,23,29). The molecule has 7 nitrogen and oxygen atoms in total. The van der Waals surface area contributed by atoms with Crippen LogP contribution in [-0.4, -0.2) is 90.9 Å². The van der Waals surface area contributed by atoms with Crippen molar-refractivity contribution in [2.24, 2.45) is 5.92 Å². The van der Waals surface area contributed by atoms with Crippen LogP contribution in [0.4, 0.5) is 0 Å². The maximum Gasteiger partial charge on any atom is 0.251 e. The summed E-state index contributed by atoms with van der Waals surface area (Å²) in [5, 5.41) is 3.06. The number of carbonyl (C=O) groups is 2. The van der Waals surface area contributed by atoms with E-state index < -0.39 is 0 Å². The van der Waals surface area contributed by atoms with E-state index in [4.69, 9.17) is 0 Å². The Kier molecular flexibility index (Phi) is 7.61. The highest BCUT2D eigenvalue weighted by molar-refractivity contribution is 5.94. The molecule has 7 heteroatoms. The summed E-state index contributed by atoms with van der Waals surface area (Å²) in [6.45, 7) is 10.7. The molecule has 2 aliphatic heterocycles. The predicted octanol–water partition coefficient (Wildman–Crippen LogP) is 1.30. The van der Waals surface area contributed by atoms with Crippen LogP contribution in [0.2, 0.25) is 0 Å². The fourth-order valence-electron chi connectivity index (χ4n) is 4.24. The molecule has 160 valence electrons. The number of aromatic nitrogens is 1. The van der Waals surface area contributed by atoms with Crippen molar-refractivity contribution in [1.29, 1.82) is 0 Å². The zero-order valence-corrected chi connectivity index (χ0v) is 18.1. The van der Waals surface area contributed by atoms with Crippen LogP contribution in [-0.2, 0) is 4.79 Å². The van der Waals surface area contributed by atoms with Gasteiger partial charge >= 0.3 is 0 Å². The Bertz CT molecular complexity index is 695. The molecule has 0 atom stereocenters. The second kappa shape index (κ2) is 10.2. The number of nitrogens with one attached hydrogen (secondary N) is 1. The summed E-state index contributed by atoms with van der Waals surface area (Å²) in [4.78, 5) is 36.0. The van der Waals surface area contributed by atoms with Crippen molar-refractivity contribution in [3.05, 3.63) is 29.1 Å². The van der Waals surface area contributed by atoms with E-state index in [0.717, 1.165) is 69.9 Å². The summed E-state index contributed by atoms with van der Waals surface area (Å²) in [6, 6.07) is 3.65. The molecule has 29 heavy (non-hydrogen) atoms. The molecule has 0 spiro atoms. The van der Waals surface area contributed by atoms with E-state index in [9.17, 15) is 9.59 Å². The number of carbonyl (C=O) groups excluding carboxylic acids is 2. The van der Waals surface area contributed by atoms with Gasteiger partial charge in [0.05, 0.1) is 6.54 Å². The number of pyridine rings is 1. The Hall–Kier alpha value is -1.99. The van der Waals surface area contributed by atoms with E-state index in [2.05, 4.69) is 27.1 Å². The molecular weight excluding hydrogens is 366 g/mol. The van der Waals surface area contributed by atoms with Crippen LogP contribution in [0.1, 0.15) is 41.0 Å². The van der Waals surface area contributed by atoms with E-state index in [1.54, 1.807) is 0 Å². The lowest BCUT2D eigenvalue weighted by atomic mass is 9.96. The number of rotatable bonds is 5. The number of amides is 2. The molecule has 3 heterocycles. The van der Waals surface area contributed by atoms with Crippen LogP contribution in [0, 0.1) is 19.8 Å². The van der Waals surface area contributed by atoms with Gasteiger partial charge in [0.25, 0.3) is 5.91 Å². The Morgan fingerprint density at radius 3 is 2.41 bits per heavy atom. The quantitative estimate of drug-likeness (QED) is 0.806. The van der Waals surface area contributed by atoms with Gasteiger partial charge in [0.15, 0.2) is 0 Å². The van der Waals surface area contributed by atoms with Gasteiger partial charge in [0.2, 0.25) is 5.91 Å². The van der Waals surface area contributed by atoms with Gasteiger partial charge in [-0.1, -0.05) is 0 Å². The minimum absolute atomic E-state index is 0.0387. The summed E-state index contributed by atoms with van der Waals surface area (Å²) < 4.78 is 0. The number of nitrogens with zero attached hydrogens (tertiary/aromatic N) is 4. The summed E-state index contributed by atoms with van der Waals surface area (Å²) in [5.74, 6) is 0.641. The molecule has 0 aliphatic carbocycles. The first-order chi connectivity index (χ1) is 13.9. The Morgan fingerprint density at radius 2 is 1.72 bits per heavy atom. The lowest BCUT2D eigenvalue weighted by Crippen LogP contribution is -2.46. The molecule has 3 rings (SSSR count). The van der Waals surface area contributed by atoms with Gasteiger partial charge in [-0.2, -0.15) is 0 Å². The predicted molar refractivity (Wildman–Crippen MR) is 114 cm³/mol. The number of piperidine rings is 1. The highest BCUT2D eigenvalue weighted by atomic mass is 16.2. The fraction of sp³-hybridized carbons (Fsp3) is 0.682. The topological polar surface area (TPSA) is 68.8 Å². The van der Waals surface area contributed by atoms with Gasteiger partial charge in [0.1, 0.15) is 0 Å². The van der Waals surface area contributed by atoms with E-state index in [1.165, 1.54) is 0 Å². The van der Waals surface area contributed by atoms with Crippen LogP contribution in [0.15, 0.2) is 12.1 Å². The highest BCUT2D eigenvalue weighted by Gasteiger charge is 2.25. The van der Waals surface area contributed by atoms with Gasteiger partial charge in [0, 0.05) is 49.7 Å². The molecule has 0 unspecified atom stereocenters. The van der Waals surface area contributed by atoms with Crippen LogP contribution in [0.3, 0.4) is 0 Å². The van der Waals surface area contributed by atoms with Crippen molar-refractivity contribution in [3.8, 4) is 0 Å². The fourth-order valence-corrected chi connectivity index (χ4v) is 4.24. The monoisotopic (exact) mass is 401 g/mol. The van der Waals surface area contributed by atoms with Crippen molar-refractivity contribution >= 4 is 11.8 Å². The van der Waals surface area contributed by atoms with Crippen molar-refractivity contribution < 1.29 is 9.59 Å². The summed E-state index contributed by atoms with van der Waals surface area (Å²) in [6.07, 6.45) is 3.02. The van der Waals surface area contributed by atoms with Gasteiger partial charge in [-0.05, 0) is 71.3 Å². The molecule has 0 radical (unpaired) electrons. The number of hydrogen-bond donors (Lipinski definition) is 1. The van der Waals surface area contributed by atoms with Crippen molar-refractivity contribution in [2.75, 3.05) is 59.4 Å². The molecule has 2 fully saturated rings. The van der Waals surface area contributed by atoms with E-state index in [1.807, 2.05) is 30.9 Å². The summed E-state index contributed by atoms with van der Waals surface area (Å²) in [5.41, 5.74) is 2.39. The van der Waals surface area contributed by atoms with E-state index >= 15 is 0 Å². The normalized spacial score (nSPS) is 19.8. The summed E-state index contributed by atoms with van der Waals surface area (Å²) >= 11 is 0. The van der Waals surface area contributed by atoms with Crippen molar-refractivity contribution in [1.82, 2.24) is 25.0 Å². The molecule has 2 amide bonds. The van der Waals surface area contributed by atoms with Gasteiger partial charge < -0.3 is 15.1 Å². The largest absolute Gasteiger partial charge is 0.352 e. The van der Waals surface area contributed by atoms with Crippen molar-refractivity contribution in [3.63, 3.8) is 0 Å². The van der Waals surface area contributed by atoms with Gasteiger partial charge in [-0.3, -0.25) is 19.5 Å². The van der Waals surface area contributed by atoms with Crippen molar-refractivity contribution in [2.45, 2.75) is 33.1 Å². The first kappa shape index (κ1) is 21.7. The Labute approximate surface area is 174 Å². The number of aryl methyl sites for hydroxylation is 2. The molecule has 0 bridgehead atoms. The molecule has 1 aromatic heterocycles. The lowest BCUT2D eigenvalue weighted by molar-refractivity contribution is -0.133. The van der Waals surface area contributed by atoms with Crippen LogP contribution in [0.5, 0.6) is 0 Å². The third kappa shape index (κ3) is 6.51. The van der Waals surface area contributed by atoms with Crippen LogP contribution < -0.4 is 5.32 Å². The minimum atomic E-state index is -0.0387. The molecule has 0 saturated carbocycles. The highest BCUT2D eigenvalue weighted by Crippen LogP contribution is 2.17. The van der Waals surface area contributed by atoms with Gasteiger partial charge in [-0.15, -0.1) is 0 Å². The maximum absolute atomic E-state index is 12.7. The maximum atomic E-state index is 12.7. The summed E-state index contributed by atoms with van der Waals surface area (Å²) in [7, 11) is 2.14. The molecular formula is C22H35N5O2. The second-order valence-electron chi connectivity index (χ2n) is 8.61. The molecule has 2 aliphatic rings. The smallest absolute Gasteiger partial charge is 0.251 e. The first-order valence-corrected chi connectivity index (χ1v) is 10.8. The average molecular weight is 402 g/mol. The third-order valence-corrected chi connectivity index (χ3v) is 6.03. The number of likely N-dealkylation sites (tertiary alicyclic amines) is 1. The Morgan fingerprint density at radius 1 is 1.03 bits per heavy atom. The Balaban J connectivity index is 1.39. The number of likely N-dealkylation sites (N-methyl/N-ethyl adjacent to an activating group) is 1. The lowest BCUT2D eigenvalue weighted by Gasteiger charge is -2.33. The van der Waals surface area contributed by atoms with E-state index in [-0.39, 0.29) is 11.8 Å². The molecule has 2 saturated heterocycles. The zero-order valence-electron chi connectivity index (χ0n) is 18.1. The first-order valence-electron chi connectivity index (χ1n) is 10.8. The molecule has 1 N–H and O–H groups in total. The number of hydrogen-bond acceptors (Lipinski definition) is 5. The minimum Gasteiger partial charge on any atom is -0.352 e. The van der Waals surface area contributed by atoms with Crippen LogP contribution in [0.25, 0.3) is 0 Å². The SMILES string of the molecule is Cc1cc(C(=O)NCC2CCN(C(=O)CN3CCCN(C)CC3)CC2)cc(C)n1. The second-order valence-corrected chi connectivity index (χ2v) is 8.61. The van der Waals surface area contributed by atoms with Crippen LogP contribution >= 0.6 is 0 Å². The molecule has 0 aromatic carbocycles. The van der Waals surface area contributed by atoms with Gasteiger partial charge in [-0.25, -0.2) is 0 Å². The van der Waals surface area contributed by atoms with E-state index in [0.29, 0.717) is 24.6 Å². The average Bonchev–Trinajstić information content (AvgIpc) is 2.90. The zero-order chi connectivity index (χ0) is 20.8. The third-order valence-electron chi connectivity index (χ3n) is 6.03. The molecule has 1 aromatic rings.